The van der Waals surface area contributed by atoms with Gasteiger partial charge in [-0.3, -0.25) is 4.90 Å². The molecule has 0 fully saturated rings. The first-order valence-electron chi connectivity index (χ1n) is 15.6. The molecule has 0 atom stereocenters. The molecule has 3 heterocycles. The second-order valence-corrected chi connectivity index (χ2v) is 13.6. The second kappa shape index (κ2) is 10.6. The van der Waals surface area contributed by atoms with E-state index in [0.29, 0.717) is 0 Å². The Hall–Kier alpha value is -4.96. The molecule has 0 spiro atoms. The van der Waals surface area contributed by atoms with Crippen LogP contribution in [0.4, 0.5) is 17.2 Å². The van der Waals surface area contributed by atoms with Gasteiger partial charge >= 0.3 is 0 Å². The summed E-state index contributed by atoms with van der Waals surface area (Å²) in [5.74, 6) is 1.67. The van der Waals surface area contributed by atoms with Crippen LogP contribution in [-0.2, 0) is 10.8 Å². The topological polar surface area (TPSA) is 38.2 Å². The Bertz CT molecular complexity index is 2070. The highest BCUT2D eigenvalue weighted by Gasteiger charge is 2.37. The largest absolute Gasteiger partial charge is 0.494 e. The fraction of sp³-hybridized carbons (Fsp3) is 0.220. The van der Waals surface area contributed by atoms with Gasteiger partial charge in [0.25, 0.3) is 0 Å². The number of ether oxygens (including phenoxy) is 1. The lowest BCUT2D eigenvalue weighted by molar-refractivity contribution is 0.419. The van der Waals surface area contributed by atoms with Crippen molar-refractivity contribution in [1.82, 2.24) is 9.97 Å². The van der Waals surface area contributed by atoms with Gasteiger partial charge in [-0.1, -0.05) is 89.2 Å². The third-order valence-corrected chi connectivity index (χ3v) is 9.26. The molecule has 6 aromatic rings. The number of hydrogen-bond donors (Lipinski definition) is 0. The number of pyridine rings is 2. The molecule has 0 bridgehead atoms. The van der Waals surface area contributed by atoms with Gasteiger partial charge in [-0.05, 0) is 94.3 Å². The monoisotopic (exact) mass is 589 g/mol. The van der Waals surface area contributed by atoms with Crippen LogP contribution in [0.1, 0.15) is 56.9 Å². The van der Waals surface area contributed by atoms with Crippen molar-refractivity contribution in [3.05, 3.63) is 132 Å². The molecule has 1 aliphatic heterocycles. The van der Waals surface area contributed by atoms with E-state index < -0.39 is 0 Å². The predicted molar refractivity (Wildman–Crippen MR) is 187 cm³/mol. The van der Waals surface area contributed by atoms with E-state index in [1.165, 1.54) is 27.8 Å². The zero-order chi connectivity index (χ0) is 31.5. The molecule has 224 valence electrons. The summed E-state index contributed by atoms with van der Waals surface area (Å²) in [5.41, 5.74) is 12.3. The number of para-hydroxylation sites is 1. The average molecular weight is 590 g/mol. The molecule has 4 nitrogen and oxygen atoms in total. The molecule has 0 radical (unpaired) electrons. The van der Waals surface area contributed by atoms with Crippen molar-refractivity contribution in [3.63, 3.8) is 0 Å². The van der Waals surface area contributed by atoms with Crippen molar-refractivity contribution >= 4 is 28.1 Å². The minimum atomic E-state index is -0.178. The van der Waals surface area contributed by atoms with Gasteiger partial charge in [0.15, 0.2) is 0 Å². The van der Waals surface area contributed by atoms with E-state index >= 15 is 0 Å². The van der Waals surface area contributed by atoms with E-state index in [1.54, 1.807) is 7.11 Å². The Morgan fingerprint density at radius 3 is 2.20 bits per heavy atom. The van der Waals surface area contributed by atoms with E-state index in [9.17, 15) is 0 Å². The lowest BCUT2D eigenvalue weighted by atomic mass is 9.73. The summed E-state index contributed by atoms with van der Waals surface area (Å²) >= 11 is 0. The van der Waals surface area contributed by atoms with Crippen LogP contribution in [0.25, 0.3) is 33.3 Å². The van der Waals surface area contributed by atoms with Gasteiger partial charge in [0.1, 0.15) is 17.1 Å². The maximum Gasteiger partial charge on any atom is 0.145 e. The van der Waals surface area contributed by atoms with Crippen molar-refractivity contribution < 1.29 is 4.74 Å². The summed E-state index contributed by atoms with van der Waals surface area (Å²) in [6.07, 6.45) is 1.89. The van der Waals surface area contributed by atoms with Crippen LogP contribution in [0.2, 0.25) is 0 Å². The molecule has 4 aromatic carbocycles. The summed E-state index contributed by atoms with van der Waals surface area (Å²) in [7, 11) is 1.71. The summed E-state index contributed by atoms with van der Waals surface area (Å²) in [6.45, 7) is 13.5. The minimum absolute atomic E-state index is 0.105. The van der Waals surface area contributed by atoms with Crippen molar-refractivity contribution in [1.29, 1.82) is 0 Å². The zero-order valence-corrected chi connectivity index (χ0v) is 27.1. The Morgan fingerprint density at radius 2 is 1.47 bits per heavy atom. The SMILES string of the molecule is COc1ccc(-c2ccc(C(C)(C)C)cc2)c2ccc(-c3ccc4c(c3)N(c3cc(C)ccn3)c3ccccc3C4(C)C)nc12. The quantitative estimate of drug-likeness (QED) is 0.205. The van der Waals surface area contributed by atoms with E-state index in [-0.39, 0.29) is 10.8 Å². The third kappa shape index (κ3) is 4.85. The first-order chi connectivity index (χ1) is 21.6. The molecule has 7 rings (SSSR count). The molecule has 1 aliphatic rings. The number of methoxy groups -OCH3 is 1. The molecule has 2 aromatic heterocycles. The van der Waals surface area contributed by atoms with Crippen LogP contribution < -0.4 is 9.64 Å². The number of nitrogens with zero attached hydrogens (tertiary/aromatic N) is 3. The highest BCUT2D eigenvalue weighted by Crippen LogP contribution is 2.52. The number of hydrogen-bond acceptors (Lipinski definition) is 4. The van der Waals surface area contributed by atoms with Gasteiger partial charge in [-0.15, -0.1) is 0 Å². The fourth-order valence-corrected chi connectivity index (χ4v) is 6.68. The van der Waals surface area contributed by atoms with E-state index in [0.717, 1.165) is 50.7 Å². The summed E-state index contributed by atoms with van der Waals surface area (Å²) < 4.78 is 5.84. The number of aryl methyl sites for hydroxylation is 1. The van der Waals surface area contributed by atoms with Gasteiger partial charge in [-0.25, -0.2) is 9.97 Å². The van der Waals surface area contributed by atoms with Crippen LogP contribution in [-0.4, -0.2) is 17.1 Å². The first-order valence-corrected chi connectivity index (χ1v) is 15.6. The van der Waals surface area contributed by atoms with Crippen molar-refractivity contribution in [2.24, 2.45) is 0 Å². The number of anilines is 3. The standard InChI is InChI=1S/C41H39N3O/c1-26-22-23-42-38(24-26)44-35-11-9-8-10-32(35)41(5,6)33-19-14-28(25-36(33)44)34-20-17-31-30(18-21-37(45-7)39(31)43-34)27-12-15-29(16-13-27)40(2,3)4/h8-25H,1-7H3. The Balaban J connectivity index is 1.38. The van der Waals surface area contributed by atoms with Gasteiger partial charge in [-0.2, -0.15) is 0 Å². The summed E-state index contributed by atoms with van der Waals surface area (Å²) in [5, 5.41) is 1.07. The van der Waals surface area contributed by atoms with Crippen molar-refractivity contribution in [2.45, 2.75) is 52.4 Å². The summed E-state index contributed by atoms with van der Waals surface area (Å²) in [6, 6.07) is 37.0. The number of fused-ring (bicyclic) bond motifs is 3. The normalized spacial score (nSPS) is 13.8. The minimum Gasteiger partial charge on any atom is -0.494 e. The van der Waals surface area contributed by atoms with E-state index in [4.69, 9.17) is 14.7 Å². The highest BCUT2D eigenvalue weighted by molar-refractivity contribution is 5.99. The molecule has 0 unspecified atom stereocenters. The molecule has 0 aliphatic carbocycles. The van der Waals surface area contributed by atoms with Crippen LogP contribution >= 0.6 is 0 Å². The van der Waals surface area contributed by atoms with Crippen molar-refractivity contribution in [2.75, 3.05) is 12.0 Å². The number of aromatic nitrogens is 2. The number of benzene rings is 4. The highest BCUT2D eigenvalue weighted by atomic mass is 16.5. The maximum atomic E-state index is 5.84. The molecule has 0 N–H and O–H groups in total. The molecule has 0 saturated heterocycles. The zero-order valence-electron chi connectivity index (χ0n) is 27.1. The lowest BCUT2D eigenvalue weighted by Gasteiger charge is -2.41. The van der Waals surface area contributed by atoms with Gasteiger partial charge in [0.05, 0.1) is 24.2 Å². The van der Waals surface area contributed by atoms with Crippen LogP contribution in [0.5, 0.6) is 5.75 Å². The third-order valence-electron chi connectivity index (χ3n) is 9.26. The Kier molecular flexibility index (Phi) is 6.77. The summed E-state index contributed by atoms with van der Waals surface area (Å²) in [4.78, 5) is 12.4. The average Bonchev–Trinajstić information content (AvgIpc) is 3.03. The molecular formula is C41H39N3O. The Morgan fingerprint density at radius 1 is 0.733 bits per heavy atom. The number of rotatable bonds is 4. The van der Waals surface area contributed by atoms with E-state index in [2.05, 4.69) is 137 Å². The van der Waals surface area contributed by atoms with E-state index in [1.807, 2.05) is 18.3 Å². The smallest absolute Gasteiger partial charge is 0.145 e. The van der Waals surface area contributed by atoms with Crippen LogP contribution in [0, 0.1) is 6.92 Å². The Labute approximate surface area is 266 Å². The van der Waals surface area contributed by atoms with Gasteiger partial charge < -0.3 is 4.74 Å². The molecule has 0 amide bonds. The molecule has 4 heteroatoms. The van der Waals surface area contributed by atoms with Crippen LogP contribution in [0.15, 0.2) is 109 Å². The fourth-order valence-electron chi connectivity index (χ4n) is 6.68. The van der Waals surface area contributed by atoms with Gasteiger partial charge in [0, 0.05) is 22.6 Å². The van der Waals surface area contributed by atoms with Crippen molar-refractivity contribution in [3.8, 4) is 28.1 Å². The molecular weight excluding hydrogens is 550 g/mol. The van der Waals surface area contributed by atoms with Crippen LogP contribution in [0.3, 0.4) is 0 Å². The van der Waals surface area contributed by atoms with Gasteiger partial charge in [0.2, 0.25) is 0 Å². The molecule has 45 heavy (non-hydrogen) atoms. The first kappa shape index (κ1) is 28.8. The predicted octanol–water partition coefficient (Wildman–Crippen LogP) is 10.7. The maximum absolute atomic E-state index is 5.84. The molecule has 0 saturated carbocycles. The lowest BCUT2D eigenvalue weighted by Crippen LogP contribution is -2.31. The second-order valence-electron chi connectivity index (χ2n) is 13.6.